The van der Waals surface area contributed by atoms with Gasteiger partial charge in [-0.15, -0.1) is 0 Å². The highest BCUT2D eigenvalue weighted by atomic mass is 35.5. The molecular formula is C15H13Cl2NO3S. The van der Waals surface area contributed by atoms with E-state index in [2.05, 4.69) is 5.32 Å². The van der Waals surface area contributed by atoms with Crippen molar-refractivity contribution in [2.45, 2.75) is 11.4 Å². The van der Waals surface area contributed by atoms with E-state index in [1.54, 1.807) is 24.3 Å². The molecule has 22 heavy (non-hydrogen) atoms. The normalized spacial score (nSPS) is 11.2. The number of carbonyl (C=O) groups excluding carboxylic acids is 1. The molecular weight excluding hydrogens is 345 g/mol. The average molecular weight is 358 g/mol. The van der Waals surface area contributed by atoms with Gasteiger partial charge >= 0.3 is 0 Å². The van der Waals surface area contributed by atoms with Crippen molar-refractivity contribution in [2.24, 2.45) is 0 Å². The Hall–Kier alpha value is -1.56. The van der Waals surface area contributed by atoms with Crippen LogP contribution < -0.4 is 5.32 Å². The van der Waals surface area contributed by atoms with E-state index in [4.69, 9.17) is 23.2 Å². The third kappa shape index (κ3) is 4.47. The minimum absolute atomic E-state index is 0.0600. The lowest BCUT2D eigenvalue weighted by Crippen LogP contribution is -2.30. The Morgan fingerprint density at radius 1 is 1.00 bits per heavy atom. The maximum atomic E-state index is 12.1. The van der Waals surface area contributed by atoms with Crippen molar-refractivity contribution in [3.05, 3.63) is 64.1 Å². The van der Waals surface area contributed by atoms with Gasteiger partial charge in [0, 0.05) is 16.6 Å². The summed E-state index contributed by atoms with van der Waals surface area (Å²) in [6, 6.07) is 12.7. The number of amides is 1. The first-order chi connectivity index (χ1) is 10.4. The van der Waals surface area contributed by atoms with Crippen LogP contribution in [0.2, 0.25) is 10.0 Å². The summed E-state index contributed by atoms with van der Waals surface area (Å²) < 4.78 is 24.2. The van der Waals surface area contributed by atoms with Gasteiger partial charge in [0.2, 0.25) is 5.91 Å². The fourth-order valence-electron chi connectivity index (χ4n) is 1.78. The maximum Gasteiger partial charge on any atom is 0.235 e. The van der Waals surface area contributed by atoms with Gasteiger partial charge in [0.15, 0.2) is 9.84 Å². The van der Waals surface area contributed by atoms with Gasteiger partial charge in [-0.2, -0.15) is 0 Å². The summed E-state index contributed by atoms with van der Waals surface area (Å²) >= 11 is 11.7. The van der Waals surface area contributed by atoms with Crippen molar-refractivity contribution in [3.8, 4) is 0 Å². The summed E-state index contributed by atoms with van der Waals surface area (Å²) in [5.41, 5.74) is 0.724. The van der Waals surface area contributed by atoms with E-state index in [-0.39, 0.29) is 11.4 Å². The van der Waals surface area contributed by atoms with Gasteiger partial charge in [-0.3, -0.25) is 4.79 Å². The Balaban J connectivity index is 1.99. The van der Waals surface area contributed by atoms with Gasteiger partial charge in [0.25, 0.3) is 0 Å². The molecule has 0 atom stereocenters. The molecule has 0 unspecified atom stereocenters. The van der Waals surface area contributed by atoms with E-state index in [1.807, 2.05) is 0 Å². The van der Waals surface area contributed by atoms with E-state index in [1.165, 1.54) is 24.3 Å². The summed E-state index contributed by atoms with van der Waals surface area (Å²) in [5, 5.41) is 3.50. The number of nitrogens with one attached hydrogen (secondary N) is 1. The monoisotopic (exact) mass is 357 g/mol. The van der Waals surface area contributed by atoms with Crippen molar-refractivity contribution >= 4 is 38.9 Å². The molecule has 2 aromatic carbocycles. The minimum atomic E-state index is -3.69. The van der Waals surface area contributed by atoms with Crippen molar-refractivity contribution in [2.75, 3.05) is 5.75 Å². The Labute approximate surface area is 139 Å². The van der Waals surface area contributed by atoms with Gasteiger partial charge in [-0.1, -0.05) is 41.4 Å². The van der Waals surface area contributed by atoms with Gasteiger partial charge < -0.3 is 5.32 Å². The number of hydrogen-bond donors (Lipinski definition) is 1. The predicted octanol–water partition coefficient (Wildman–Crippen LogP) is 3.08. The van der Waals surface area contributed by atoms with Crippen molar-refractivity contribution in [3.63, 3.8) is 0 Å². The van der Waals surface area contributed by atoms with Crippen LogP contribution in [0.5, 0.6) is 0 Å². The van der Waals surface area contributed by atoms with Gasteiger partial charge in [-0.25, -0.2) is 8.42 Å². The summed E-state index contributed by atoms with van der Waals surface area (Å²) in [6.45, 7) is 0.175. The molecule has 1 amide bonds. The van der Waals surface area contributed by atoms with Crippen molar-refractivity contribution < 1.29 is 13.2 Å². The lowest BCUT2D eigenvalue weighted by Gasteiger charge is -2.08. The van der Waals surface area contributed by atoms with Crippen LogP contribution in [-0.2, 0) is 21.2 Å². The van der Waals surface area contributed by atoms with E-state index in [0.29, 0.717) is 10.0 Å². The SMILES string of the molecule is O=C(CS(=O)(=O)c1ccc(Cl)cc1)NCc1ccccc1Cl. The molecule has 116 valence electrons. The van der Waals surface area contributed by atoms with Crippen LogP contribution in [0.3, 0.4) is 0 Å². The summed E-state index contributed by atoms with van der Waals surface area (Å²) in [5.74, 6) is -1.21. The second-order valence-electron chi connectivity index (χ2n) is 4.58. The van der Waals surface area contributed by atoms with Crippen LogP contribution in [0.15, 0.2) is 53.4 Å². The predicted molar refractivity (Wildman–Crippen MR) is 86.8 cm³/mol. The van der Waals surface area contributed by atoms with Gasteiger partial charge in [-0.05, 0) is 35.9 Å². The van der Waals surface area contributed by atoms with Crippen LogP contribution in [0, 0.1) is 0 Å². The minimum Gasteiger partial charge on any atom is -0.351 e. The summed E-state index contributed by atoms with van der Waals surface area (Å²) in [6.07, 6.45) is 0. The number of carbonyl (C=O) groups is 1. The van der Waals surface area contributed by atoms with Crippen LogP contribution in [0.1, 0.15) is 5.56 Å². The Bertz CT molecular complexity index is 774. The number of benzene rings is 2. The molecule has 0 saturated carbocycles. The van der Waals surface area contributed by atoms with Gasteiger partial charge in [0.1, 0.15) is 5.75 Å². The first-order valence-electron chi connectivity index (χ1n) is 6.37. The third-order valence-electron chi connectivity index (χ3n) is 2.93. The number of hydrogen-bond acceptors (Lipinski definition) is 3. The zero-order valence-corrected chi connectivity index (χ0v) is 13.8. The largest absolute Gasteiger partial charge is 0.351 e. The van der Waals surface area contributed by atoms with E-state index in [0.717, 1.165) is 5.56 Å². The Morgan fingerprint density at radius 3 is 2.27 bits per heavy atom. The third-order valence-corrected chi connectivity index (χ3v) is 5.18. The zero-order chi connectivity index (χ0) is 16.2. The molecule has 0 radical (unpaired) electrons. The van der Waals surface area contributed by atoms with Crippen LogP contribution in [0.4, 0.5) is 0 Å². The molecule has 0 aromatic heterocycles. The quantitative estimate of drug-likeness (QED) is 0.894. The summed E-state index contributed by atoms with van der Waals surface area (Å²) in [7, 11) is -3.69. The molecule has 0 spiro atoms. The van der Waals surface area contributed by atoms with E-state index in [9.17, 15) is 13.2 Å². The first-order valence-corrected chi connectivity index (χ1v) is 8.78. The fraction of sp³-hybridized carbons (Fsp3) is 0.133. The maximum absolute atomic E-state index is 12.1. The molecule has 0 aliphatic rings. The summed E-state index contributed by atoms with van der Waals surface area (Å²) in [4.78, 5) is 11.9. The highest BCUT2D eigenvalue weighted by Crippen LogP contribution is 2.16. The molecule has 2 rings (SSSR count). The first kappa shape index (κ1) is 16.8. The molecule has 1 N–H and O–H groups in total. The van der Waals surface area contributed by atoms with Crippen LogP contribution >= 0.6 is 23.2 Å². The van der Waals surface area contributed by atoms with Gasteiger partial charge in [0.05, 0.1) is 4.90 Å². The molecule has 0 heterocycles. The molecule has 0 aliphatic heterocycles. The molecule has 0 saturated heterocycles. The molecule has 7 heteroatoms. The second kappa shape index (κ2) is 7.13. The van der Waals surface area contributed by atoms with Crippen LogP contribution in [0.25, 0.3) is 0 Å². The lowest BCUT2D eigenvalue weighted by atomic mass is 10.2. The molecule has 0 aliphatic carbocycles. The average Bonchev–Trinajstić information content (AvgIpc) is 2.46. The smallest absolute Gasteiger partial charge is 0.235 e. The molecule has 0 fully saturated rings. The standard InChI is InChI=1S/C15H13Cl2NO3S/c16-12-5-7-13(8-6-12)22(20,21)10-15(19)18-9-11-3-1-2-4-14(11)17/h1-8H,9-10H2,(H,18,19). The molecule has 4 nitrogen and oxygen atoms in total. The second-order valence-corrected chi connectivity index (χ2v) is 7.41. The number of halogens is 2. The van der Waals surface area contributed by atoms with E-state index >= 15 is 0 Å². The lowest BCUT2D eigenvalue weighted by molar-refractivity contribution is -0.118. The topological polar surface area (TPSA) is 63.2 Å². The molecule has 2 aromatic rings. The number of rotatable bonds is 5. The highest BCUT2D eigenvalue weighted by Gasteiger charge is 2.19. The van der Waals surface area contributed by atoms with Crippen LogP contribution in [-0.4, -0.2) is 20.1 Å². The highest BCUT2D eigenvalue weighted by molar-refractivity contribution is 7.92. The molecule has 0 bridgehead atoms. The number of sulfone groups is 1. The Kier molecular flexibility index (Phi) is 5.45. The van der Waals surface area contributed by atoms with E-state index < -0.39 is 21.5 Å². The van der Waals surface area contributed by atoms with Crippen molar-refractivity contribution in [1.82, 2.24) is 5.32 Å². The van der Waals surface area contributed by atoms with Crippen molar-refractivity contribution in [1.29, 1.82) is 0 Å². The Morgan fingerprint density at radius 2 is 1.64 bits per heavy atom. The fourth-order valence-corrected chi connectivity index (χ4v) is 3.28. The zero-order valence-electron chi connectivity index (χ0n) is 11.4.